The lowest BCUT2D eigenvalue weighted by Gasteiger charge is -2.36. The minimum atomic E-state index is -0.141. The summed E-state index contributed by atoms with van der Waals surface area (Å²) in [4.78, 5) is 0. The molecule has 1 heterocycles. The number of fused-ring (bicyclic) bond motifs is 1. The number of benzene rings is 2. The number of rotatable bonds is 2. The molecule has 3 rings (SSSR count). The smallest absolute Gasteiger partial charge is 0.126 e. The van der Waals surface area contributed by atoms with Gasteiger partial charge in [-0.1, -0.05) is 6.08 Å². The van der Waals surface area contributed by atoms with E-state index < -0.39 is 0 Å². The third-order valence-electron chi connectivity index (χ3n) is 6.65. The number of phenols is 1. The summed E-state index contributed by atoms with van der Waals surface area (Å²) in [6.07, 6.45) is 2.21. The van der Waals surface area contributed by atoms with Gasteiger partial charge in [0.05, 0.1) is 12.1 Å². The maximum Gasteiger partial charge on any atom is 0.126 e. The Bertz CT molecular complexity index is 997. The molecule has 3 heteroatoms. The van der Waals surface area contributed by atoms with Crippen LogP contribution in [0.2, 0.25) is 0 Å². The lowest BCUT2D eigenvalue weighted by Crippen LogP contribution is -2.32. The quantitative estimate of drug-likeness (QED) is 0.599. The molecule has 28 heavy (non-hydrogen) atoms. The minimum Gasteiger partial charge on any atom is -0.507 e. The Kier molecular flexibility index (Phi) is 4.87. The third-order valence-corrected chi connectivity index (χ3v) is 6.65. The molecular formula is C25H33NO2. The number of hydrogen-bond donors (Lipinski definition) is 3. The highest BCUT2D eigenvalue weighted by atomic mass is 16.3. The zero-order chi connectivity index (χ0) is 21.1. The molecule has 0 amide bonds. The van der Waals surface area contributed by atoms with E-state index in [9.17, 15) is 10.2 Å². The van der Waals surface area contributed by atoms with Crippen molar-refractivity contribution in [3.8, 4) is 16.9 Å². The van der Waals surface area contributed by atoms with Crippen LogP contribution in [0.5, 0.6) is 5.75 Å². The van der Waals surface area contributed by atoms with E-state index >= 15 is 0 Å². The monoisotopic (exact) mass is 379 g/mol. The Morgan fingerprint density at radius 3 is 1.86 bits per heavy atom. The first-order valence-electron chi connectivity index (χ1n) is 9.97. The Labute approximate surface area is 169 Å². The Morgan fingerprint density at radius 1 is 0.750 bits per heavy atom. The van der Waals surface area contributed by atoms with Gasteiger partial charge in [-0.3, -0.25) is 0 Å². The van der Waals surface area contributed by atoms with Gasteiger partial charge in [0.2, 0.25) is 0 Å². The summed E-state index contributed by atoms with van der Waals surface area (Å²) in [5.74, 6) is 0.323. The van der Waals surface area contributed by atoms with E-state index in [1.54, 1.807) is 0 Å². The first kappa shape index (κ1) is 20.5. The molecular weight excluding hydrogens is 346 g/mol. The number of aliphatic hydroxyl groups excluding tert-OH is 1. The highest BCUT2D eigenvalue weighted by Gasteiger charge is 2.30. The SMILES string of the molecule is CC1=CC(C)(C)Nc2c(C)c(C)c(-c3c(C)c(C)c(C)c(C)c3O)c(CO)c21. The molecule has 0 radical (unpaired) electrons. The van der Waals surface area contributed by atoms with Gasteiger partial charge in [-0.15, -0.1) is 0 Å². The summed E-state index contributed by atoms with van der Waals surface area (Å²) in [5, 5.41) is 25.2. The normalized spacial score (nSPS) is 15.1. The van der Waals surface area contributed by atoms with Crippen molar-refractivity contribution in [2.45, 2.75) is 74.5 Å². The number of aromatic hydroxyl groups is 1. The summed E-state index contributed by atoms with van der Waals surface area (Å²) in [6, 6.07) is 0. The molecule has 1 aliphatic heterocycles. The zero-order valence-corrected chi connectivity index (χ0v) is 18.7. The van der Waals surface area contributed by atoms with Gasteiger partial charge in [0, 0.05) is 16.8 Å². The molecule has 0 aromatic heterocycles. The second kappa shape index (κ2) is 6.66. The molecule has 0 fully saturated rings. The maximum atomic E-state index is 11.1. The van der Waals surface area contributed by atoms with E-state index in [1.165, 1.54) is 5.56 Å². The second-order valence-corrected chi connectivity index (χ2v) is 8.91. The molecule has 2 aromatic carbocycles. The highest BCUT2D eigenvalue weighted by molar-refractivity contribution is 5.93. The van der Waals surface area contributed by atoms with Crippen LogP contribution in [0.15, 0.2) is 6.08 Å². The van der Waals surface area contributed by atoms with Crippen molar-refractivity contribution in [2.24, 2.45) is 0 Å². The zero-order valence-electron chi connectivity index (χ0n) is 18.7. The Morgan fingerprint density at radius 2 is 1.29 bits per heavy atom. The Balaban J connectivity index is 2.51. The van der Waals surface area contributed by atoms with Crippen molar-refractivity contribution in [3.05, 3.63) is 50.6 Å². The maximum absolute atomic E-state index is 11.1. The van der Waals surface area contributed by atoms with Crippen LogP contribution in [0.1, 0.15) is 65.3 Å². The first-order chi connectivity index (χ1) is 12.9. The van der Waals surface area contributed by atoms with Gasteiger partial charge in [0.25, 0.3) is 0 Å². The molecule has 0 saturated heterocycles. The van der Waals surface area contributed by atoms with Crippen LogP contribution in [0, 0.1) is 41.5 Å². The van der Waals surface area contributed by atoms with Crippen LogP contribution in [-0.2, 0) is 6.61 Å². The molecule has 0 bridgehead atoms. The van der Waals surface area contributed by atoms with E-state index in [-0.39, 0.29) is 12.1 Å². The Hall–Kier alpha value is -2.26. The molecule has 0 saturated carbocycles. The lowest BCUT2D eigenvalue weighted by atomic mass is 9.78. The average Bonchev–Trinajstić information content (AvgIpc) is 2.62. The average molecular weight is 380 g/mol. The largest absolute Gasteiger partial charge is 0.507 e. The topological polar surface area (TPSA) is 52.5 Å². The number of allylic oxidation sites excluding steroid dienone is 1. The standard InChI is InChI=1S/C25H33NO2/c1-12-10-25(8,9)26-23-17(6)16(5)21(19(11-27)20(12)23)22-15(4)13(2)14(3)18(7)24(22)28/h10,26-28H,11H2,1-9H3. The summed E-state index contributed by atoms with van der Waals surface area (Å²) in [6.45, 7) is 18.8. The molecule has 150 valence electrons. The van der Waals surface area contributed by atoms with E-state index in [0.29, 0.717) is 5.75 Å². The summed E-state index contributed by atoms with van der Waals surface area (Å²) in [5.41, 5.74) is 12.4. The number of hydrogen-bond acceptors (Lipinski definition) is 3. The molecule has 0 atom stereocenters. The van der Waals surface area contributed by atoms with Crippen molar-refractivity contribution in [2.75, 3.05) is 5.32 Å². The van der Waals surface area contributed by atoms with Crippen molar-refractivity contribution in [1.82, 2.24) is 0 Å². The number of nitrogens with one attached hydrogen (secondary N) is 1. The molecule has 0 unspecified atom stereocenters. The number of phenolic OH excluding ortho intramolecular Hbond substituents is 1. The van der Waals surface area contributed by atoms with Crippen LogP contribution in [0.4, 0.5) is 5.69 Å². The predicted molar refractivity (Wildman–Crippen MR) is 119 cm³/mol. The first-order valence-corrected chi connectivity index (χ1v) is 9.97. The van der Waals surface area contributed by atoms with Gasteiger partial charge in [0.1, 0.15) is 5.75 Å². The van der Waals surface area contributed by atoms with Crippen LogP contribution in [0.25, 0.3) is 16.7 Å². The summed E-state index contributed by atoms with van der Waals surface area (Å²) in [7, 11) is 0. The van der Waals surface area contributed by atoms with E-state index in [1.807, 2.05) is 6.92 Å². The van der Waals surface area contributed by atoms with E-state index in [2.05, 4.69) is 66.8 Å². The fourth-order valence-electron chi connectivity index (χ4n) is 4.72. The van der Waals surface area contributed by atoms with Crippen LogP contribution < -0.4 is 5.32 Å². The summed E-state index contributed by atoms with van der Waals surface area (Å²) < 4.78 is 0. The molecule has 0 spiro atoms. The predicted octanol–water partition coefficient (Wildman–Crippen LogP) is 6.01. The molecule has 3 nitrogen and oxygen atoms in total. The van der Waals surface area contributed by atoms with E-state index in [0.717, 1.165) is 61.3 Å². The van der Waals surface area contributed by atoms with Crippen molar-refractivity contribution in [1.29, 1.82) is 0 Å². The lowest BCUT2D eigenvalue weighted by molar-refractivity contribution is 0.282. The second-order valence-electron chi connectivity index (χ2n) is 8.91. The van der Waals surface area contributed by atoms with E-state index in [4.69, 9.17) is 0 Å². The number of aliphatic hydroxyl groups is 1. The van der Waals surface area contributed by atoms with Crippen molar-refractivity contribution >= 4 is 11.3 Å². The molecule has 1 aliphatic rings. The van der Waals surface area contributed by atoms with Crippen LogP contribution >= 0.6 is 0 Å². The molecule has 0 aliphatic carbocycles. The molecule has 2 aromatic rings. The fourth-order valence-corrected chi connectivity index (χ4v) is 4.72. The third kappa shape index (κ3) is 2.84. The van der Waals surface area contributed by atoms with Gasteiger partial charge in [0.15, 0.2) is 0 Å². The molecule has 3 N–H and O–H groups in total. The van der Waals surface area contributed by atoms with Crippen molar-refractivity contribution < 1.29 is 10.2 Å². The van der Waals surface area contributed by atoms with Crippen LogP contribution in [-0.4, -0.2) is 15.8 Å². The van der Waals surface area contributed by atoms with Gasteiger partial charge in [-0.2, -0.15) is 0 Å². The minimum absolute atomic E-state index is 0.0725. The highest BCUT2D eigenvalue weighted by Crippen LogP contribution is 2.48. The van der Waals surface area contributed by atoms with Gasteiger partial charge >= 0.3 is 0 Å². The van der Waals surface area contributed by atoms with Crippen LogP contribution in [0.3, 0.4) is 0 Å². The van der Waals surface area contributed by atoms with Gasteiger partial charge in [-0.05, 0) is 112 Å². The van der Waals surface area contributed by atoms with Gasteiger partial charge in [-0.25, -0.2) is 0 Å². The van der Waals surface area contributed by atoms with Crippen molar-refractivity contribution in [3.63, 3.8) is 0 Å². The fraction of sp³-hybridized carbons (Fsp3) is 0.440. The van der Waals surface area contributed by atoms with Gasteiger partial charge < -0.3 is 15.5 Å². The number of anilines is 1. The summed E-state index contributed by atoms with van der Waals surface area (Å²) >= 11 is 0.